The van der Waals surface area contributed by atoms with E-state index in [-0.39, 0.29) is 11.2 Å². The Labute approximate surface area is 163 Å². The van der Waals surface area contributed by atoms with Gasteiger partial charge in [0.2, 0.25) is 0 Å². The van der Waals surface area contributed by atoms with Crippen LogP contribution in [0.2, 0.25) is 0 Å². The second kappa shape index (κ2) is 6.02. The Balaban J connectivity index is 1.49. The van der Waals surface area contributed by atoms with Gasteiger partial charge in [0.15, 0.2) is 9.84 Å². The Bertz CT molecular complexity index is 1130. The van der Waals surface area contributed by atoms with Crippen LogP contribution < -0.4 is 0 Å². The summed E-state index contributed by atoms with van der Waals surface area (Å²) in [5.41, 5.74) is 4.32. The minimum atomic E-state index is -3.26. The molecule has 0 saturated carbocycles. The van der Waals surface area contributed by atoms with E-state index in [1.807, 2.05) is 25.5 Å². The highest BCUT2D eigenvalue weighted by Crippen LogP contribution is 2.46. The minimum absolute atomic E-state index is 0.0573. The summed E-state index contributed by atoms with van der Waals surface area (Å²) < 4.78 is 28.0. The maximum Gasteiger partial charge on any atom is 0.183 e. The Hall–Kier alpha value is -1.96. The molecule has 0 spiro atoms. The Kier molecular flexibility index (Phi) is 3.83. The van der Waals surface area contributed by atoms with E-state index in [0.29, 0.717) is 11.4 Å². The predicted octanol–water partition coefficient (Wildman–Crippen LogP) is 3.21. The maximum absolute atomic E-state index is 13.1. The number of aryl methyl sites for hydroxylation is 2. The molecule has 1 fully saturated rings. The second-order valence-corrected chi connectivity index (χ2v) is 10.7. The molecular formula is C20H21N3O2S2. The molecule has 2 aliphatic heterocycles. The van der Waals surface area contributed by atoms with Crippen molar-refractivity contribution < 1.29 is 8.42 Å². The Morgan fingerprint density at radius 1 is 1.22 bits per heavy atom. The van der Waals surface area contributed by atoms with Gasteiger partial charge in [0.25, 0.3) is 0 Å². The average molecular weight is 400 g/mol. The molecule has 140 valence electrons. The first-order valence-corrected chi connectivity index (χ1v) is 11.5. The van der Waals surface area contributed by atoms with Crippen molar-refractivity contribution in [3.05, 3.63) is 58.0 Å². The predicted molar refractivity (Wildman–Crippen MR) is 107 cm³/mol. The number of thiophene rings is 1. The number of hydrogen-bond donors (Lipinski definition) is 0. The lowest BCUT2D eigenvalue weighted by Gasteiger charge is -2.17. The van der Waals surface area contributed by atoms with Gasteiger partial charge in [0.05, 0.1) is 16.3 Å². The summed E-state index contributed by atoms with van der Waals surface area (Å²) in [5.74, 6) is 0.0573. The van der Waals surface area contributed by atoms with Crippen LogP contribution in [-0.2, 0) is 23.4 Å². The van der Waals surface area contributed by atoms with Crippen molar-refractivity contribution in [2.24, 2.45) is 7.05 Å². The molecule has 5 nitrogen and oxygen atoms in total. The smallest absolute Gasteiger partial charge is 0.183 e. The van der Waals surface area contributed by atoms with Crippen LogP contribution in [0.1, 0.15) is 21.9 Å². The molecule has 2 aromatic heterocycles. The fourth-order valence-electron chi connectivity index (χ4n) is 4.37. The van der Waals surface area contributed by atoms with E-state index in [0.717, 1.165) is 29.8 Å². The first-order valence-electron chi connectivity index (χ1n) is 9.05. The van der Waals surface area contributed by atoms with Gasteiger partial charge in [-0.05, 0) is 47.2 Å². The van der Waals surface area contributed by atoms with Gasteiger partial charge in [-0.25, -0.2) is 8.42 Å². The molecule has 3 aromatic rings. The van der Waals surface area contributed by atoms with E-state index in [4.69, 9.17) is 0 Å². The van der Waals surface area contributed by atoms with Crippen LogP contribution >= 0.6 is 11.3 Å². The lowest BCUT2D eigenvalue weighted by atomic mass is 9.95. The molecule has 0 N–H and O–H groups in total. The number of fused-ring (bicyclic) bond motifs is 3. The molecule has 0 amide bonds. The molecule has 2 aliphatic rings. The van der Waals surface area contributed by atoms with Crippen molar-refractivity contribution in [1.29, 1.82) is 0 Å². The van der Waals surface area contributed by atoms with Crippen LogP contribution in [-0.4, -0.2) is 41.4 Å². The van der Waals surface area contributed by atoms with Crippen molar-refractivity contribution in [2.75, 3.05) is 13.1 Å². The first kappa shape index (κ1) is 17.2. The first-order chi connectivity index (χ1) is 12.9. The lowest BCUT2D eigenvalue weighted by molar-refractivity contribution is 0.328. The van der Waals surface area contributed by atoms with E-state index in [1.165, 1.54) is 10.4 Å². The van der Waals surface area contributed by atoms with Crippen LogP contribution in [0.25, 0.3) is 11.1 Å². The quantitative estimate of drug-likeness (QED) is 0.679. The van der Waals surface area contributed by atoms with E-state index in [1.54, 1.807) is 22.1 Å². The number of sulfone groups is 1. The van der Waals surface area contributed by atoms with Crippen LogP contribution in [0.15, 0.2) is 46.9 Å². The molecule has 0 radical (unpaired) electrons. The van der Waals surface area contributed by atoms with E-state index >= 15 is 0 Å². The molecule has 27 heavy (non-hydrogen) atoms. The van der Waals surface area contributed by atoms with Crippen LogP contribution in [0.5, 0.6) is 0 Å². The van der Waals surface area contributed by atoms with Gasteiger partial charge in [0, 0.05) is 49.2 Å². The highest BCUT2D eigenvalue weighted by atomic mass is 32.2. The number of rotatable bonds is 3. The SMILES string of the molecule is Cc1ccsc1CN1C[C@@H]2c3cc(-c4cnn(C)c4)ccc3S(=O)(=O)[C@H]2C1. The summed E-state index contributed by atoms with van der Waals surface area (Å²) in [5, 5.41) is 6.02. The van der Waals surface area contributed by atoms with E-state index in [2.05, 4.69) is 34.4 Å². The summed E-state index contributed by atoms with van der Waals surface area (Å²) >= 11 is 1.75. The topological polar surface area (TPSA) is 55.2 Å². The molecule has 2 atom stereocenters. The number of aromatic nitrogens is 2. The molecule has 7 heteroatoms. The van der Waals surface area contributed by atoms with Crippen molar-refractivity contribution in [2.45, 2.75) is 29.5 Å². The molecule has 1 aromatic carbocycles. The zero-order valence-corrected chi connectivity index (χ0v) is 16.9. The highest BCUT2D eigenvalue weighted by Gasteiger charge is 2.50. The van der Waals surface area contributed by atoms with Gasteiger partial charge < -0.3 is 0 Å². The van der Waals surface area contributed by atoms with Crippen LogP contribution in [0.3, 0.4) is 0 Å². The van der Waals surface area contributed by atoms with Crippen molar-refractivity contribution in [3.8, 4) is 11.1 Å². The van der Waals surface area contributed by atoms with Crippen LogP contribution in [0.4, 0.5) is 0 Å². The molecule has 0 bridgehead atoms. The average Bonchev–Trinajstić information content (AvgIpc) is 3.38. The fraction of sp³-hybridized carbons (Fsp3) is 0.350. The van der Waals surface area contributed by atoms with E-state index < -0.39 is 9.84 Å². The summed E-state index contributed by atoms with van der Waals surface area (Å²) in [6.45, 7) is 4.37. The second-order valence-electron chi connectivity index (χ2n) is 7.57. The summed E-state index contributed by atoms with van der Waals surface area (Å²) in [4.78, 5) is 4.15. The third-order valence-corrected chi connectivity index (χ3v) is 9.10. The number of likely N-dealkylation sites (tertiary alicyclic amines) is 1. The molecule has 0 unspecified atom stereocenters. The standard InChI is InChI=1S/C20H21N3O2S2/c1-13-5-6-26-18(13)11-23-10-17-16-7-14(15-8-21-22(2)9-15)3-4-19(16)27(24,25)20(17)12-23/h3-9,17,20H,10-12H2,1-2H3/t17-,20+/m1/s1. The number of hydrogen-bond acceptors (Lipinski definition) is 5. The van der Waals surface area contributed by atoms with Gasteiger partial charge in [-0.1, -0.05) is 6.07 Å². The summed E-state index contributed by atoms with van der Waals surface area (Å²) in [6, 6.07) is 7.89. The van der Waals surface area contributed by atoms with Gasteiger partial charge >= 0.3 is 0 Å². The van der Waals surface area contributed by atoms with Gasteiger partial charge in [-0.15, -0.1) is 11.3 Å². The molecule has 0 aliphatic carbocycles. The monoisotopic (exact) mass is 399 g/mol. The zero-order chi connectivity index (χ0) is 18.8. The lowest BCUT2D eigenvalue weighted by Crippen LogP contribution is -2.25. The normalized spacial score (nSPS) is 23.5. The Morgan fingerprint density at radius 3 is 2.78 bits per heavy atom. The van der Waals surface area contributed by atoms with Crippen molar-refractivity contribution >= 4 is 21.2 Å². The number of benzene rings is 1. The highest BCUT2D eigenvalue weighted by molar-refractivity contribution is 7.92. The number of nitrogens with zero attached hydrogens (tertiary/aromatic N) is 3. The van der Waals surface area contributed by atoms with Crippen molar-refractivity contribution in [1.82, 2.24) is 14.7 Å². The third kappa shape index (κ3) is 2.68. The van der Waals surface area contributed by atoms with Gasteiger partial charge in [-0.2, -0.15) is 5.10 Å². The minimum Gasteiger partial charge on any atom is -0.296 e. The van der Waals surface area contributed by atoms with Gasteiger partial charge in [0.1, 0.15) is 0 Å². The molecule has 4 heterocycles. The largest absolute Gasteiger partial charge is 0.296 e. The molecule has 1 saturated heterocycles. The maximum atomic E-state index is 13.1. The summed E-state index contributed by atoms with van der Waals surface area (Å²) in [7, 11) is -1.37. The third-order valence-electron chi connectivity index (χ3n) is 5.83. The van der Waals surface area contributed by atoms with Gasteiger partial charge in [-0.3, -0.25) is 9.58 Å². The summed E-state index contributed by atoms with van der Waals surface area (Å²) in [6.07, 6.45) is 3.78. The molecule has 5 rings (SSSR count). The molecular weight excluding hydrogens is 378 g/mol. The fourth-order valence-corrected chi connectivity index (χ4v) is 7.52. The Morgan fingerprint density at radius 2 is 2.07 bits per heavy atom. The van der Waals surface area contributed by atoms with Crippen molar-refractivity contribution in [3.63, 3.8) is 0 Å². The van der Waals surface area contributed by atoms with Crippen LogP contribution in [0, 0.1) is 6.92 Å². The zero-order valence-electron chi connectivity index (χ0n) is 15.3. The van der Waals surface area contributed by atoms with E-state index in [9.17, 15) is 8.42 Å².